The van der Waals surface area contributed by atoms with Gasteiger partial charge in [0.15, 0.2) is 0 Å². The maximum Gasteiger partial charge on any atom is 0.243 e. The van der Waals surface area contributed by atoms with Gasteiger partial charge in [-0.05, 0) is 37.0 Å². The zero-order chi connectivity index (χ0) is 13.8. The fraction of sp³-hybridized carbons (Fsp3) is 0.500. The van der Waals surface area contributed by atoms with Crippen LogP contribution in [0, 0.1) is 18.7 Å². The van der Waals surface area contributed by atoms with Crippen molar-refractivity contribution in [1.82, 2.24) is 4.72 Å². The fourth-order valence-corrected chi connectivity index (χ4v) is 2.79. The van der Waals surface area contributed by atoms with Crippen LogP contribution in [0.5, 0.6) is 0 Å². The molecule has 102 valence electrons. The molecule has 1 aromatic carbocycles. The van der Waals surface area contributed by atoms with Crippen molar-refractivity contribution in [1.29, 1.82) is 0 Å². The maximum absolute atomic E-state index is 13.5. The second-order valence-electron chi connectivity index (χ2n) is 4.40. The molecule has 0 saturated heterocycles. The van der Waals surface area contributed by atoms with Crippen LogP contribution in [0.2, 0.25) is 0 Å². The topological polar surface area (TPSA) is 66.4 Å². The first-order valence-corrected chi connectivity index (χ1v) is 7.22. The molecule has 0 fully saturated rings. The summed E-state index contributed by atoms with van der Waals surface area (Å²) in [5.41, 5.74) is 0.681. The van der Waals surface area contributed by atoms with Gasteiger partial charge in [0.25, 0.3) is 0 Å². The largest absolute Gasteiger partial charge is 0.396 e. The Morgan fingerprint density at radius 1 is 1.44 bits per heavy atom. The summed E-state index contributed by atoms with van der Waals surface area (Å²) in [6.45, 7) is 3.69. The number of sulfonamides is 1. The van der Waals surface area contributed by atoms with Crippen LogP contribution in [0.15, 0.2) is 23.1 Å². The molecule has 1 aromatic rings. The van der Waals surface area contributed by atoms with Crippen molar-refractivity contribution in [2.24, 2.45) is 5.92 Å². The Bertz CT molecular complexity index is 502. The van der Waals surface area contributed by atoms with Crippen LogP contribution in [-0.4, -0.2) is 26.7 Å². The van der Waals surface area contributed by atoms with E-state index in [1.54, 1.807) is 6.92 Å². The summed E-state index contributed by atoms with van der Waals surface area (Å²) in [7, 11) is -3.83. The fourth-order valence-electron chi connectivity index (χ4n) is 1.47. The number of rotatable bonds is 6. The van der Waals surface area contributed by atoms with Crippen molar-refractivity contribution in [2.45, 2.75) is 25.2 Å². The highest BCUT2D eigenvalue weighted by atomic mass is 32.2. The van der Waals surface area contributed by atoms with Gasteiger partial charge in [-0.2, -0.15) is 0 Å². The van der Waals surface area contributed by atoms with Crippen LogP contribution < -0.4 is 4.72 Å². The van der Waals surface area contributed by atoms with Crippen LogP contribution in [0.1, 0.15) is 18.9 Å². The Morgan fingerprint density at radius 3 is 2.72 bits per heavy atom. The van der Waals surface area contributed by atoms with Gasteiger partial charge in [0.1, 0.15) is 10.7 Å². The Morgan fingerprint density at radius 2 is 2.11 bits per heavy atom. The first-order chi connectivity index (χ1) is 8.36. The van der Waals surface area contributed by atoms with Crippen LogP contribution in [0.3, 0.4) is 0 Å². The third-order valence-electron chi connectivity index (χ3n) is 2.62. The first-order valence-electron chi connectivity index (χ1n) is 5.73. The number of aliphatic hydroxyl groups is 1. The summed E-state index contributed by atoms with van der Waals surface area (Å²) < 4.78 is 39.6. The predicted molar refractivity (Wildman–Crippen MR) is 67.2 cm³/mol. The van der Waals surface area contributed by atoms with Gasteiger partial charge in [0, 0.05) is 13.2 Å². The summed E-state index contributed by atoms with van der Waals surface area (Å²) in [6, 6.07) is 3.96. The van der Waals surface area contributed by atoms with E-state index in [2.05, 4.69) is 4.72 Å². The van der Waals surface area contributed by atoms with Crippen molar-refractivity contribution >= 4 is 10.0 Å². The molecule has 0 aliphatic rings. The molecule has 0 radical (unpaired) electrons. The third kappa shape index (κ3) is 4.04. The van der Waals surface area contributed by atoms with E-state index < -0.39 is 15.8 Å². The van der Waals surface area contributed by atoms with Gasteiger partial charge in [-0.3, -0.25) is 0 Å². The Balaban J connectivity index is 2.83. The molecular formula is C12H18FNO3S. The summed E-state index contributed by atoms with van der Waals surface area (Å²) >= 11 is 0. The van der Waals surface area contributed by atoms with Crippen molar-refractivity contribution in [3.05, 3.63) is 29.6 Å². The number of aryl methyl sites for hydroxylation is 1. The summed E-state index contributed by atoms with van der Waals surface area (Å²) in [6.07, 6.45) is 0.499. The third-order valence-corrected chi connectivity index (χ3v) is 4.06. The van der Waals surface area contributed by atoms with E-state index in [1.165, 1.54) is 12.1 Å². The Hall–Kier alpha value is -0.980. The van der Waals surface area contributed by atoms with Crippen molar-refractivity contribution in [2.75, 3.05) is 13.2 Å². The van der Waals surface area contributed by atoms with Crippen molar-refractivity contribution < 1.29 is 17.9 Å². The second-order valence-corrected chi connectivity index (χ2v) is 6.14. The van der Waals surface area contributed by atoms with E-state index in [4.69, 9.17) is 5.11 Å². The molecular weight excluding hydrogens is 257 g/mol. The highest BCUT2D eigenvalue weighted by Crippen LogP contribution is 2.16. The number of halogens is 1. The Kier molecular flexibility index (Phi) is 5.25. The van der Waals surface area contributed by atoms with Crippen LogP contribution in [0.25, 0.3) is 0 Å². The zero-order valence-electron chi connectivity index (χ0n) is 10.5. The standard InChI is InChI=1S/C12H18FNO3S/c1-9-3-4-11(13)12(7-9)18(16,17)14-8-10(2)5-6-15/h3-4,7,10,14-15H,5-6,8H2,1-2H3. The molecule has 1 atom stereocenters. The molecule has 0 aliphatic heterocycles. The van der Waals surface area contributed by atoms with Crippen molar-refractivity contribution in [3.63, 3.8) is 0 Å². The van der Waals surface area contributed by atoms with Gasteiger partial charge >= 0.3 is 0 Å². The smallest absolute Gasteiger partial charge is 0.243 e. The van der Waals surface area contributed by atoms with E-state index in [0.29, 0.717) is 12.0 Å². The summed E-state index contributed by atoms with van der Waals surface area (Å²) in [5.74, 6) is -0.763. The molecule has 0 amide bonds. The van der Waals surface area contributed by atoms with Crippen LogP contribution in [0.4, 0.5) is 4.39 Å². The molecule has 2 N–H and O–H groups in total. The molecule has 0 aromatic heterocycles. The zero-order valence-corrected chi connectivity index (χ0v) is 11.3. The molecule has 0 spiro atoms. The van der Waals surface area contributed by atoms with Gasteiger partial charge in [0.2, 0.25) is 10.0 Å². The molecule has 1 unspecified atom stereocenters. The van der Waals surface area contributed by atoms with E-state index in [9.17, 15) is 12.8 Å². The first kappa shape index (κ1) is 15.1. The Labute approximate surface area is 107 Å². The molecule has 1 rings (SSSR count). The molecule has 0 saturated carbocycles. The lowest BCUT2D eigenvalue weighted by atomic mass is 10.1. The normalized spacial score (nSPS) is 13.6. The van der Waals surface area contributed by atoms with Gasteiger partial charge in [-0.1, -0.05) is 13.0 Å². The quantitative estimate of drug-likeness (QED) is 0.825. The number of hydrogen-bond donors (Lipinski definition) is 2. The van der Waals surface area contributed by atoms with E-state index in [1.807, 2.05) is 6.92 Å². The average Bonchev–Trinajstić information content (AvgIpc) is 2.30. The number of hydrogen-bond acceptors (Lipinski definition) is 3. The number of nitrogens with one attached hydrogen (secondary N) is 1. The monoisotopic (exact) mass is 275 g/mol. The average molecular weight is 275 g/mol. The molecule has 0 aliphatic carbocycles. The molecule has 0 bridgehead atoms. The second kappa shape index (κ2) is 6.26. The summed E-state index contributed by atoms with van der Waals surface area (Å²) in [4.78, 5) is -0.335. The van der Waals surface area contributed by atoms with Gasteiger partial charge in [-0.15, -0.1) is 0 Å². The molecule has 4 nitrogen and oxygen atoms in total. The predicted octanol–water partition coefficient (Wildman–Crippen LogP) is 1.43. The van der Waals surface area contributed by atoms with Gasteiger partial charge < -0.3 is 5.11 Å². The number of benzene rings is 1. The summed E-state index contributed by atoms with van der Waals surface area (Å²) in [5, 5.41) is 8.73. The highest BCUT2D eigenvalue weighted by Gasteiger charge is 2.19. The van der Waals surface area contributed by atoms with Gasteiger partial charge in [0.05, 0.1) is 0 Å². The van der Waals surface area contributed by atoms with E-state index in [0.717, 1.165) is 6.07 Å². The lowest BCUT2D eigenvalue weighted by Gasteiger charge is -2.12. The molecule has 6 heteroatoms. The minimum atomic E-state index is -3.83. The molecule has 0 heterocycles. The lowest BCUT2D eigenvalue weighted by molar-refractivity contribution is 0.263. The van der Waals surface area contributed by atoms with Crippen molar-refractivity contribution in [3.8, 4) is 0 Å². The lowest BCUT2D eigenvalue weighted by Crippen LogP contribution is -2.29. The van der Waals surface area contributed by atoms with Crippen LogP contribution in [-0.2, 0) is 10.0 Å². The van der Waals surface area contributed by atoms with Crippen LogP contribution >= 0.6 is 0 Å². The molecule has 18 heavy (non-hydrogen) atoms. The maximum atomic E-state index is 13.5. The highest BCUT2D eigenvalue weighted by molar-refractivity contribution is 7.89. The minimum absolute atomic E-state index is 0.00169. The van der Waals surface area contributed by atoms with E-state index >= 15 is 0 Å². The SMILES string of the molecule is Cc1ccc(F)c(S(=O)(=O)NCC(C)CCO)c1. The van der Waals surface area contributed by atoms with Gasteiger partial charge in [-0.25, -0.2) is 17.5 Å². The minimum Gasteiger partial charge on any atom is -0.396 e. The number of aliphatic hydroxyl groups excluding tert-OH is 1. The van der Waals surface area contributed by atoms with E-state index in [-0.39, 0.29) is 24.0 Å².